The zero-order valence-corrected chi connectivity index (χ0v) is 20.8. The van der Waals surface area contributed by atoms with E-state index < -0.39 is 44.9 Å². The average Bonchev–Trinajstić information content (AvgIpc) is 3.00. The van der Waals surface area contributed by atoms with Crippen LogP contribution in [0, 0.1) is 17.6 Å². The summed E-state index contributed by atoms with van der Waals surface area (Å²) in [7, 11) is -2.63. The van der Waals surface area contributed by atoms with Crippen molar-refractivity contribution < 1.29 is 35.2 Å². The van der Waals surface area contributed by atoms with E-state index in [0.29, 0.717) is 6.07 Å². The molecule has 0 bridgehead atoms. The highest BCUT2D eigenvalue weighted by Gasteiger charge is 2.44. The Morgan fingerprint density at radius 2 is 1.70 bits per heavy atom. The molecule has 0 radical (unpaired) electrons. The van der Waals surface area contributed by atoms with Gasteiger partial charge < -0.3 is 4.57 Å². The van der Waals surface area contributed by atoms with Crippen LogP contribution in [0.1, 0.15) is 41.4 Å². The second-order valence-electron chi connectivity index (χ2n) is 8.67. The number of Topliss-reactive ketones (excluding diaryl/α,β-unsaturated/α-hetero) is 1. The predicted molar refractivity (Wildman–Crippen MR) is 130 cm³/mol. The Hall–Kier alpha value is -3.60. The number of alkyl halides is 3. The van der Waals surface area contributed by atoms with Crippen LogP contribution < -0.4 is 0 Å². The largest absolute Gasteiger partial charge is 0.413 e. The molecule has 1 aromatic carbocycles. The molecule has 0 spiro atoms. The first kappa shape index (κ1) is 26.5. The molecule has 2 aliphatic carbocycles. The molecule has 1 unspecified atom stereocenters. The lowest BCUT2D eigenvalue weighted by Gasteiger charge is -2.22. The minimum Gasteiger partial charge on any atom is -0.324 e. The lowest BCUT2D eigenvalue weighted by Crippen LogP contribution is -2.28. The van der Waals surface area contributed by atoms with E-state index in [1.807, 2.05) is 0 Å². The topological polar surface area (TPSA) is 69.0 Å². The minimum absolute atomic E-state index is 0.0377. The van der Waals surface area contributed by atoms with Gasteiger partial charge in [-0.1, -0.05) is 32.6 Å². The van der Waals surface area contributed by atoms with E-state index in [9.17, 15) is 35.2 Å². The maximum absolute atomic E-state index is 13.9. The van der Waals surface area contributed by atoms with Gasteiger partial charge in [-0.2, -0.15) is 13.2 Å². The fourth-order valence-electron chi connectivity index (χ4n) is 4.33. The summed E-state index contributed by atoms with van der Waals surface area (Å²) in [6.07, 6.45) is 0.0778. The van der Waals surface area contributed by atoms with Crippen molar-refractivity contribution in [1.29, 1.82) is 0 Å². The van der Waals surface area contributed by atoms with Gasteiger partial charge in [0.2, 0.25) is 0 Å². The molecule has 0 amide bonds. The number of imidazole rings is 1. The fraction of sp³-hybridized carbons (Fsp3) is 0.231. The number of nitrogens with zero attached hydrogens (tertiary/aromatic N) is 2. The smallest absolute Gasteiger partial charge is 0.324 e. The molecule has 2 aromatic rings. The molecule has 5 nitrogen and oxygen atoms in total. The molecule has 0 aliphatic heterocycles. The summed E-state index contributed by atoms with van der Waals surface area (Å²) in [5.41, 5.74) is -1.10. The van der Waals surface area contributed by atoms with E-state index in [1.165, 1.54) is 36.8 Å². The van der Waals surface area contributed by atoms with Crippen LogP contribution >= 0.6 is 0 Å². The van der Waals surface area contributed by atoms with Crippen molar-refractivity contribution in [2.45, 2.75) is 20.0 Å². The third kappa shape index (κ3) is 4.63. The summed E-state index contributed by atoms with van der Waals surface area (Å²) in [5, 5.41) is 0. The van der Waals surface area contributed by atoms with Crippen molar-refractivity contribution in [2.75, 3.05) is 5.75 Å². The molecule has 194 valence electrons. The van der Waals surface area contributed by atoms with E-state index in [0.717, 1.165) is 25.1 Å². The molecule has 37 heavy (non-hydrogen) atoms. The molecule has 0 fully saturated rings. The zero-order chi connectivity index (χ0) is 27.4. The van der Waals surface area contributed by atoms with Crippen LogP contribution in [0.25, 0.3) is 17.2 Å². The summed E-state index contributed by atoms with van der Waals surface area (Å²) in [4.78, 5) is 16.9. The Bertz CT molecular complexity index is 1570. The maximum Gasteiger partial charge on any atom is 0.413 e. The number of benzene rings is 1. The van der Waals surface area contributed by atoms with Crippen LogP contribution in [0.3, 0.4) is 0 Å². The number of hydrogen-bond donors (Lipinski definition) is 0. The average molecular weight is 537 g/mol. The van der Waals surface area contributed by atoms with Crippen molar-refractivity contribution in [3.8, 4) is 0 Å². The number of halogens is 5. The van der Waals surface area contributed by atoms with Crippen LogP contribution in [0.4, 0.5) is 22.0 Å². The number of sulfone groups is 1. The monoisotopic (exact) mass is 536 g/mol. The van der Waals surface area contributed by atoms with Crippen LogP contribution in [-0.2, 0) is 16.9 Å². The number of hydrogen-bond acceptors (Lipinski definition) is 4. The van der Waals surface area contributed by atoms with Gasteiger partial charge in [-0.3, -0.25) is 4.79 Å². The normalized spacial score (nSPS) is 18.5. The van der Waals surface area contributed by atoms with Crippen molar-refractivity contribution in [1.82, 2.24) is 9.55 Å². The van der Waals surface area contributed by atoms with Crippen molar-refractivity contribution in [3.63, 3.8) is 0 Å². The highest BCUT2D eigenvalue weighted by atomic mass is 32.2. The van der Waals surface area contributed by atoms with Gasteiger partial charge in [-0.15, -0.1) is 0 Å². The Labute approximate surface area is 209 Å². The summed E-state index contributed by atoms with van der Waals surface area (Å²) in [6, 6.07) is 2.74. The standard InChI is InChI=1S/C26H21F5N2O3S/c1-5-37(35,36)21-10-15(16-8-17(27)11-18(28)9-16)7-6-13(2)22(21)25-32-20-12-19(26(29,30)31)14(3)24(34)23(20)33(25)4/h6-12,14H,2,5H2,1,3-4H3. The van der Waals surface area contributed by atoms with Gasteiger partial charge in [-0.25, -0.2) is 22.2 Å². The summed E-state index contributed by atoms with van der Waals surface area (Å²) >= 11 is 0. The number of carbonyl (C=O) groups excluding carboxylic acids is 1. The Kier molecular flexibility index (Phi) is 6.48. The van der Waals surface area contributed by atoms with E-state index in [-0.39, 0.29) is 50.2 Å². The van der Waals surface area contributed by atoms with Crippen LogP contribution in [-0.4, -0.2) is 35.7 Å². The van der Waals surface area contributed by atoms with Gasteiger partial charge in [0.05, 0.1) is 22.3 Å². The van der Waals surface area contributed by atoms with E-state index in [2.05, 4.69) is 11.6 Å². The molecular weight excluding hydrogens is 515 g/mol. The summed E-state index contributed by atoms with van der Waals surface area (Å²) < 4.78 is 96.1. The van der Waals surface area contributed by atoms with Crippen molar-refractivity contribution >= 4 is 32.8 Å². The van der Waals surface area contributed by atoms with E-state index >= 15 is 0 Å². The Balaban J connectivity index is 2.04. The molecule has 0 N–H and O–H groups in total. The number of rotatable bonds is 4. The first-order chi connectivity index (χ1) is 17.2. The Morgan fingerprint density at radius 1 is 1.08 bits per heavy atom. The summed E-state index contributed by atoms with van der Waals surface area (Å²) in [5.74, 6) is -4.47. The third-order valence-corrected chi connectivity index (χ3v) is 8.04. The molecule has 1 atom stereocenters. The van der Waals surface area contributed by atoms with Crippen LogP contribution in [0.5, 0.6) is 0 Å². The SMILES string of the molecule is C=C1C=CC(c2cc(F)cc(F)c2)=CC(S(=O)(=O)CC)=C1c1nc2c(n1C)C(=O)C(C)C(C(F)(F)F)=C2. The van der Waals surface area contributed by atoms with Gasteiger partial charge in [0.25, 0.3) is 0 Å². The second kappa shape index (κ2) is 9.05. The van der Waals surface area contributed by atoms with Crippen molar-refractivity contribution in [2.24, 2.45) is 13.0 Å². The van der Waals surface area contributed by atoms with Gasteiger partial charge in [0, 0.05) is 24.3 Å². The molecule has 1 aromatic heterocycles. The maximum atomic E-state index is 13.9. The van der Waals surface area contributed by atoms with Crippen LogP contribution in [0.15, 0.2) is 59.1 Å². The molecular formula is C26H21F5N2O3S. The molecule has 1 heterocycles. The number of aromatic nitrogens is 2. The van der Waals surface area contributed by atoms with Gasteiger partial charge in [0.1, 0.15) is 23.2 Å². The lowest BCUT2D eigenvalue weighted by molar-refractivity contribution is -0.0961. The highest BCUT2D eigenvalue weighted by molar-refractivity contribution is 7.95. The minimum atomic E-state index is -4.76. The lowest BCUT2D eigenvalue weighted by atomic mass is 9.88. The highest BCUT2D eigenvalue weighted by Crippen LogP contribution is 2.41. The number of ketones is 1. The van der Waals surface area contributed by atoms with E-state index in [4.69, 9.17) is 0 Å². The molecule has 2 aliphatic rings. The van der Waals surface area contributed by atoms with E-state index in [1.54, 1.807) is 0 Å². The molecule has 4 rings (SSSR count). The molecule has 11 heteroatoms. The van der Waals surface area contributed by atoms with Crippen molar-refractivity contribution in [3.05, 3.63) is 93.5 Å². The van der Waals surface area contributed by atoms with Crippen LogP contribution in [0.2, 0.25) is 0 Å². The Morgan fingerprint density at radius 3 is 2.27 bits per heavy atom. The quantitative estimate of drug-likeness (QED) is 0.461. The predicted octanol–water partition coefficient (Wildman–Crippen LogP) is 5.83. The van der Waals surface area contributed by atoms with Gasteiger partial charge >= 0.3 is 6.18 Å². The number of allylic oxidation sites excluding steroid dienone is 7. The first-order valence-electron chi connectivity index (χ1n) is 11.1. The summed E-state index contributed by atoms with van der Waals surface area (Å²) in [6.45, 7) is 6.44. The number of fused-ring (bicyclic) bond motifs is 1. The van der Waals surface area contributed by atoms with Gasteiger partial charge in [0.15, 0.2) is 15.6 Å². The number of carbonyl (C=O) groups is 1. The second-order valence-corrected chi connectivity index (χ2v) is 10.9. The molecule has 0 saturated carbocycles. The zero-order valence-electron chi connectivity index (χ0n) is 20.0. The fourth-order valence-corrected chi connectivity index (χ4v) is 5.48. The third-order valence-electron chi connectivity index (χ3n) is 6.29. The van der Waals surface area contributed by atoms with Gasteiger partial charge in [-0.05, 0) is 41.0 Å². The first-order valence-corrected chi connectivity index (χ1v) is 12.7. The molecule has 0 saturated heterocycles.